The van der Waals surface area contributed by atoms with Gasteiger partial charge in [0.1, 0.15) is 0 Å². The van der Waals surface area contributed by atoms with Crippen LogP contribution >= 0.6 is 0 Å². The number of methoxy groups -OCH3 is 2. The molecular weight excluding hydrogens is 256 g/mol. The Morgan fingerprint density at radius 3 is 2.85 bits per heavy atom. The summed E-state index contributed by atoms with van der Waals surface area (Å²) < 4.78 is 10.6. The maximum absolute atomic E-state index is 12.4. The third-order valence-electron chi connectivity index (χ3n) is 3.72. The molecule has 2 atom stereocenters. The fourth-order valence-electron chi connectivity index (χ4n) is 2.58. The number of aryl methyl sites for hydroxylation is 1. The van der Waals surface area contributed by atoms with Crippen molar-refractivity contribution in [1.82, 2.24) is 9.88 Å². The molecule has 1 fully saturated rings. The smallest absolute Gasteiger partial charge is 0.227 e. The van der Waals surface area contributed by atoms with Crippen LogP contribution in [0.5, 0.6) is 0 Å². The van der Waals surface area contributed by atoms with Crippen LogP contribution in [-0.4, -0.2) is 55.3 Å². The normalized spacial score (nSPS) is 22.2. The van der Waals surface area contributed by atoms with Crippen molar-refractivity contribution in [2.24, 2.45) is 0 Å². The lowest BCUT2D eigenvalue weighted by Gasteiger charge is -2.23. The number of pyridine rings is 1. The van der Waals surface area contributed by atoms with Crippen LogP contribution in [0.2, 0.25) is 0 Å². The van der Waals surface area contributed by atoms with E-state index < -0.39 is 0 Å². The number of aromatic nitrogens is 1. The number of likely N-dealkylation sites (tertiary alicyclic amines) is 1. The predicted octanol–water partition coefficient (Wildman–Crippen LogP) is 1.19. The molecule has 0 saturated carbocycles. The highest BCUT2D eigenvalue weighted by Crippen LogP contribution is 2.21. The second kappa shape index (κ2) is 6.81. The molecule has 0 radical (unpaired) electrons. The molecule has 0 unspecified atom stereocenters. The lowest BCUT2D eigenvalue weighted by atomic mass is 10.1. The minimum Gasteiger partial charge on any atom is -0.383 e. The first-order valence-corrected chi connectivity index (χ1v) is 6.86. The molecule has 1 aliphatic heterocycles. The van der Waals surface area contributed by atoms with Crippen molar-refractivity contribution in [2.75, 3.05) is 27.4 Å². The van der Waals surface area contributed by atoms with Crippen LogP contribution in [0.1, 0.15) is 17.7 Å². The van der Waals surface area contributed by atoms with Crippen LogP contribution in [0, 0.1) is 6.92 Å². The molecule has 5 nitrogen and oxygen atoms in total. The van der Waals surface area contributed by atoms with E-state index in [2.05, 4.69) is 4.98 Å². The largest absolute Gasteiger partial charge is 0.383 e. The fraction of sp³-hybridized carbons (Fsp3) is 0.600. The minimum absolute atomic E-state index is 0.107. The van der Waals surface area contributed by atoms with Gasteiger partial charge in [0.25, 0.3) is 0 Å². The van der Waals surface area contributed by atoms with Gasteiger partial charge in [-0.15, -0.1) is 0 Å². The van der Waals surface area contributed by atoms with Crippen molar-refractivity contribution < 1.29 is 14.3 Å². The first-order valence-electron chi connectivity index (χ1n) is 6.86. The summed E-state index contributed by atoms with van der Waals surface area (Å²) in [6.07, 6.45) is 3.09. The lowest BCUT2D eigenvalue weighted by Crippen LogP contribution is -2.39. The molecule has 1 aromatic heterocycles. The third kappa shape index (κ3) is 3.55. The van der Waals surface area contributed by atoms with Gasteiger partial charge in [-0.05, 0) is 25.0 Å². The highest BCUT2D eigenvalue weighted by Gasteiger charge is 2.35. The van der Waals surface area contributed by atoms with E-state index in [1.54, 1.807) is 20.4 Å². The summed E-state index contributed by atoms with van der Waals surface area (Å²) in [6.45, 7) is 3.13. The van der Waals surface area contributed by atoms with E-state index in [0.29, 0.717) is 19.6 Å². The molecule has 0 aromatic carbocycles. The quantitative estimate of drug-likeness (QED) is 0.812. The number of hydrogen-bond donors (Lipinski definition) is 0. The van der Waals surface area contributed by atoms with E-state index in [-0.39, 0.29) is 18.1 Å². The van der Waals surface area contributed by atoms with Gasteiger partial charge in [-0.2, -0.15) is 0 Å². The molecule has 5 heteroatoms. The van der Waals surface area contributed by atoms with Gasteiger partial charge in [-0.3, -0.25) is 9.78 Å². The molecule has 1 amide bonds. The third-order valence-corrected chi connectivity index (χ3v) is 3.72. The monoisotopic (exact) mass is 278 g/mol. The highest BCUT2D eigenvalue weighted by molar-refractivity contribution is 5.79. The summed E-state index contributed by atoms with van der Waals surface area (Å²) in [5.74, 6) is 0.109. The van der Waals surface area contributed by atoms with Crippen LogP contribution in [0.3, 0.4) is 0 Å². The zero-order chi connectivity index (χ0) is 14.5. The standard InChI is InChI=1S/C15H22N2O3/c1-11-4-5-12(8-16-11)6-15(18)17-9-14(20-3)7-13(17)10-19-2/h4-5,8,13-14H,6-7,9-10H2,1-3H3/t13-,14+/m0/s1. The number of amides is 1. The molecule has 1 aliphatic rings. The summed E-state index contributed by atoms with van der Waals surface area (Å²) in [4.78, 5) is 18.5. The van der Waals surface area contributed by atoms with Gasteiger partial charge in [0.15, 0.2) is 0 Å². The zero-order valence-electron chi connectivity index (χ0n) is 12.3. The Hall–Kier alpha value is -1.46. The molecule has 2 rings (SSSR count). The van der Waals surface area contributed by atoms with Crippen LogP contribution in [0.25, 0.3) is 0 Å². The van der Waals surface area contributed by atoms with Gasteiger partial charge in [-0.1, -0.05) is 6.07 Å². The number of carbonyl (C=O) groups is 1. The van der Waals surface area contributed by atoms with Crippen molar-refractivity contribution in [1.29, 1.82) is 0 Å². The average molecular weight is 278 g/mol. The van der Waals surface area contributed by atoms with Crippen LogP contribution in [0.4, 0.5) is 0 Å². The summed E-state index contributed by atoms with van der Waals surface area (Å²) >= 11 is 0. The molecule has 2 heterocycles. The van der Waals surface area contributed by atoms with Crippen molar-refractivity contribution >= 4 is 5.91 Å². The number of carbonyl (C=O) groups excluding carboxylic acids is 1. The van der Waals surface area contributed by atoms with Crippen LogP contribution in [0.15, 0.2) is 18.3 Å². The van der Waals surface area contributed by atoms with Gasteiger partial charge in [-0.25, -0.2) is 0 Å². The molecule has 0 aliphatic carbocycles. The number of ether oxygens (including phenoxy) is 2. The van der Waals surface area contributed by atoms with Gasteiger partial charge in [0.2, 0.25) is 5.91 Å². The zero-order valence-corrected chi connectivity index (χ0v) is 12.3. The number of nitrogens with zero attached hydrogens (tertiary/aromatic N) is 2. The highest BCUT2D eigenvalue weighted by atomic mass is 16.5. The Labute approximate surface area is 119 Å². The number of hydrogen-bond acceptors (Lipinski definition) is 4. The van der Waals surface area contributed by atoms with Crippen LogP contribution in [-0.2, 0) is 20.7 Å². The summed E-state index contributed by atoms with van der Waals surface area (Å²) in [5, 5.41) is 0. The molecule has 110 valence electrons. The molecule has 0 spiro atoms. The van der Waals surface area contributed by atoms with Gasteiger partial charge >= 0.3 is 0 Å². The Morgan fingerprint density at radius 1 is 1.45 bits per heavy atom. The van der Waals surface area contributed by atoms with Crippen molar-refractivity contribution in [3.05, 3.63) is 29.6 Å². The number of rotatable bonds is 5. The molecular formula is C15H22N2O3. The Morgan fingerprint density at radius 2 is 2.25 bits per heavy atom. The summed E-state index contributed by atoms with van der Waals surface area (Å²) in [5.41, 5.74) is 1.90. The SMILES string of the molecule is COC[C@@H]1C[C@@H](OC)CN1C(=O)Cc1ccc(C)nc1. The maximum Gasteiger partial charge on any atom is 0.227 e. The van der Waals surface area contributed by atoms with Crippen molar-refractivity contribution in [3.63, 3.8) is 0 Å². The Balaban J connectivity index is 2.01. The van der Waals surface area contributed by atoms with E-state index in [1.165, 1.54) is 0 Å². The molecule has 0 N–H and O–H groups in total. The maximum atomic E-state index is 12.4. The van der Waals surface area contributed by atoms with Gasteiger partial charge in [0, 0.05) is 32.7 Å². The first-order chi connectivity index (χ1) is 9.63. The fourth-order valence-corrected chi connectivity index (χ4v) is 2.58. The molecule has 1 aromatic rings. The van der Waals surface area contributed by atoms with Crippen molar-refractivity contribution in [2.45, 2.75) is 31.9 Å². The second-order valence-corrected chi connectivity index (χ2v) is 5.23. The Bertz CT molecular complexity index is 447. The summed E-state index contributed by atoms with van der Waals surface area (Å²) in [7, 11) is 3.35. The minimum atomic E-state index is 0.107. The Kier molecular flexibility index (Phi) is 5.09. The first kappa shape index (κ1) is 14.9. The van der Waals surface area contributed by atoms with Crippen LogP contribution < -0.4 is 0 Å². The summed E-state index contributed by atoms with van der Waals surface area (Å²) in [6, 6.07) is 3.99. The van der Waals surface area contributed by atoms with E-state index in [0.717, 1.165) is 17.7 Å². The van der Waals surface area contributed by atoms with E-state index in [9.17, 15) is 4.79 Å². The van der Waals surface area contributed by atoms with E-state index in [4.69, 9.17) is 9.47 Å². The molecule has 0 bridgehead atoms. The molecule has 1 saturated heterocycles. The van der Waals surface area contributed by atoms with E-state index in [1.807, 2.05) is 24.0 Å². The van der Waals surface area contributed by atoms with Gasteiger partial charge < -0.3 is 14.4 Å². The molecule has 20 heavy (non-hydrogen) atoms. The average Bonchev–Trinajstić information content (AvgIpc) is 2.85. The lowest BCUT2D eigenvalue weighted by molar-refractivity contribution is -0.132. The predicted molar refractivity (Wildman–Crippen MR) is 75.5 cm³/mol. The van der Waals surface area contributed by atoms with Gasteiger partial charge in [0.05, 0.1) is 25.2 Å². The second-order valence-electron chi connectivity index (χ2n) is 5.23. The topological polar surface area (TPSA) is 51.7 Å². The van der Waals surface area contributed by atoms with Crippen molar-refractivity contribution in [3.8, 4) is 0 Å². The van der Waals surface area contributed by atoms with E-state index >= 15 is 0 Å².